The first-order valence-electron chi connectivity index (χ1n) is 15.9. The molecule has 2 aliphatic heterocycles. The molecule has 1 spiro atoms. The summed E-state index contributed by atoms with van der Waals surface area (Å²) in [6, 6.07) is 9.38. The van der Waals surface area contributed by atoms with Crippen LogP contribution in [0.25, 0.3) is 11.1 Å². The molecule has 0 aliphatic carbocycles. The van der Waals surface area contributed by atoms with Crippen molar-refractivity contribution in [2.45, 2.75) is 59.0 Å². The molecule has 12 heteroatoms. The second-order valence-corrected chi connectivity index (χ2v) is 13.1. The Hall–Kier alpha value is -4.09. The number of amides is 3. The Morgan fingerprint density at radius 3 is 2.63 bits per heavy atom. The number of aromatic nitrogens is 1. The molecule has 2 aliphatic rings. The predicted molar refractivity (Wildman–Crippen MR) is 177 cm³/mol. The van der Waals surface area contributed by atoms with Crippen LogP contribution in [0.4, 0.5) is 5.69 Å². The highest BCUT2D eigenvalue weighted by Gasteiger charge is 2.35. The van der Waals surface area contributed by atoms with Crippen molar-refractivity contribution in [3.05, 3.63) is 69.7 Å². The van der Waals surface area contributed by atoms with Crippen LogP contribution in [0.2, 0.25) is 5.02 Å². The van der Waals surface area contributed by atoms with E-state index in [0.29, 0.717) is 60.2 Å². The lowest BCUT2D eigenvalue weighted by Crippen LogP contribution is -2.52. The smallest absolute Gasteiger partial charge is 0.419 e. The van der Waals surface area contributed by atoms with Crippen molar-refractivity contribution in [2.24, 2.45) is 11.3 Å². The summed E-state index contributed by atoms with van der Waals surface area (Å²) >= 11 is 6.18. The van der Waals surface area contributed by atoms with Gasteiger partial charge in [-0.3, -0.25) is 23.9 Å². The van der Waals surface area contributed by atoms with Crippen molar-refractivity contribution in [2.75, 3.05) is 38.1 Å². The second-order valence-electron chi connectivity index (χ2n) is 12.6. The lowest BCUT2D eigenvalue weighted by atomic mass is 9.75. The maximum atomic E-state index is 13.5. The van der Waals surface area contributed by atoms with Gasteiger partial charge < -0.3 is 25.1 Å². The number of hydrogen-bond acceptors (Lipinski definition) is 7. The molecule has 0 radical (unpaired) electrons. The van der Waals surface area contributed by atoms with E-state index in [1.165, 1.54) is 4.57 Å². The minimum Gasteiger partial charge on any atom is -0.489 e. The molecule has 46 heavy (non-hydrogen) atoms. The third-order valence-electron chi connectivity index (χ3n) is 8.76. The van der Waals surface area contributed by atoms with E-state index in [1.807, 2.05) is 26.8 Å². The van der Waals surface area contributed by atoms with Crippen molar-refractivity contribution in [1.29, 1.82) is 0 Å². The largest absolute Gasteiger partial charge is 0.489 e. The molecule has 0 unspecified atom stereocenters. The standard InChI is InChI=1S/C34H42ClN5O6/c1-4-40-27-9-8-24(19-29(27)46-33(40)44)37-30(41)20-39-14-12-34(13-15-39)11-5-6-16-45-28-10-7-23(35)18-25(28)31(42)38-26(17-22(2)3)32(43)36-21-34/h5-10,18-19,22,26H,4,11-17,20-21H2,1-3H3,(H,36,43)(H,37,41)(H,38,42)/b6-5+/t26-/m0/s1. The summed E-state index contributed by atoms with van der Waals surface area (Å²) in [5.74, 6) is -0.639. The normalized spacial score (nSPS) is 20.0. The second kappa shape index (κ2) is 14.6. The van der Waals surface area contributed by atoms with Gasteiger partial charge in [-0.1, -0.05) is 37.6 Å². The summed E-state index contributed by atoms with van der Waals surface area (Å²) in [5.41, 5.74) is 1.77. The van der Waals surface area contributed by atoms with Gasteiger partial charge in [0.2, 0.25) is 11.8 Å². The van der Waals surface area contributed by atoms with E-state index in [-0.39, 0.29) is 41.9 Å². The van der Waals surface area contributed by atoms with E-state index in [4.69, 9.17) is 20.8 Å². The van der Waals surface area contributed by atoms with Gasteiger partial charge in [0.1, 0.15) is 18.4 Å². The van der Waals surface area contributed by atoms with Crippen LogP contribution in [0.1, 0.15) is 56.8 Å². The number of hydrogen-bond donors (Lipinski definition) is 3. The summed E-state index contributed by atoms with van der Waals surface area (Å²) in [5, 5.41) is 9.38. The monoisotopic (exact) mass is 651 g/mol. The van der Waals surface area contributed by atoms with E-state index in [0.717, 1.165) is 19.3 Å². The minimum atomic E-state index is -0.716. The van der Waals surface area contributed by atoms with Crippen molar-refractivity contribution >= 4 is 46.1 Å². The molecule has 3 N–H and O–H groups in total. The first kappa shape index (κ1) is 33.3. The molecular weight excluding hydrogens is 610 g/mol. The molecule has 1 saturated heterocycles. The van der Waals surface area contributed by atoms with Crippen molar-refractivity contribution in [3.63, 3.8) is 0 Å². The van der Waals surface area contributed by atoms with Crippen molar-refractivity contribution < 1.29 is 23.5 Å². The van der Waals surface area contributed by atoms with Crippen LogP contribution in [0, 0.1) is 11.3 Å². The third-order valence-corrected chi connectivity index (χ3v) is 8.99. The van der Waals surface area contributed by atoms with Gasteiger partial charge in [0.15, 0.2) is 5.58 Å². The zero-order valence-electron chi connectivity index (χ0n) is 26.6. The number of benzene rings is 2. The van der Waals surface area contributed by atoms with E-state index >= 15 is 0 Å². The molecule has 11 nitrogen and oxygen atoms in total. The number of anilines is 1. The van der Waals surface area contributed by atoms with Gasteiger partial charge in [-0.05, 0) is 87.4 Å². The average molecular weight is 652 g/mol. The Bertz CT molecular complexity index is 1670. The van der Waals surface area contributed by atoms with Crippen LogP contribution in [0.15, 0.2) is 57.8 Å². The number of oxazole rings is 1. The number of carbonyl (C=O) groups excluding carboxylic acids is 3. The van der Waals surface area contributed by atoms with Crippen LogP contribution in [-0.2, 0) is 16.1 Å². The molecule has 2 aromatic carbocycles. The summed E-state index contributed by atoms with van der Waals surface area (Å²) < 4.78 is 12.8. The molecule has 3 aromatic rings. The zero-order valence-corrected chi connectivity index (χ0v) is 27.3. The Kier molecular flexibility index (Phi) is 10.5. The number of nitrogens with one attached hydrogen (secondary N) is 3. The van der Waals surface area contributed by atoms with Gasteiger partial charge >= 0.3 is 5.76 Å². The Morgan fingerprint density at radius 1 is 1.11 bits per heavy atom. The topological polar surface area (TPSA) is 135 Å². The minimum absolute atomic E-state index is 0.155. The molecule has 246 valence electrons. The first-order valence-corrected chi connectivity index (χ1v) is 16.2. The van der Waals surface area contributed by atoms with Gasteiger partial charge in [0, 0.05) is 29.9 Å². The summed E-state index contributed by atoms with van der Waals surface area (Å²) in [6.45, 7) is 8.71. The zero-order chi connectivity index (χ0) is 32.8. The number of piperidine rings is 1. The Balaban J connectivity index is 1.24. The lowest BCUT2D eigenvalue weighted by Gasteiger charge is -2.41. The summed E-state index contributed by atoms with van der Waals surface area (Å²) in [6.07, 6.45) is 6.76. The molecule has 3 amide bonds. The maximum absolute atomic E-state index is 13.5. The van der Waals surface area contributed by atoms with Crippen molar-refractivity contribution in [1.82, 2.24) is 20.1 Å². The molecule has 3 heterocycles. The van der Waals surface area contributed by atoms with Crippen LogP contribution < -0.4 is 26.4 Å². The van der Waals surface area contributed by atoms with E-state index < -0.39 is 17.7 Å². The number of likely N-dealkylation sites (tertiary alicyclic amines) is 1. The number of fused-ring (bicyclic) bond motifs is 2. The van der Waals surface area contributed by atoms with Gasteiger partial charge in [-0.2, -0.15) is 0 Å². The highest BCUT2D eigenvalue weighted by molar-refractivity contribution is 6.31. The van der Waals surface area contributed by atoms with Crippen molar-refractivity contribution in [3.8, 4) is 5.75 Å². The number of ether oxygens (including phenoxy) is 1. The lowest BCUT2D eigenvalue weighted by molar-refractivity contribution is -0.124. The molecule has 1 fully saturated rings. The van der Waals surface area contributed by atoms with E-state index in [1.54, 1.807) is 36.4 Å². The number of halogens is 1. The first-order chi connectivity index (χ1) is 22.1. The summed E-state index contributed by atoms with van der Waals surface area (Å²) in [4.78, 5) is 53.8. The average Bonchev–Trinajstić information content (AvgIpc) is 3.34. The highest BCUT2D eigenvalue weighted by Crippen LogP contribution is 2.35. The quantitative estimate of drug-likeness (QED) is 0.332. The molecular formula is C34H42ClN5O6. The molecule has 1 atom stereocenters. The fourth-order valence-corrected chi connectivity index (χ4v) is 6.34. The maximum Gasteiger partial charge on any atom is 0.419 e. The molecule has 1 aromatic heterocycles. The van der Waals surface area contributed by atoms with E-state index in [9.17, 15) is 19.2 Å². The number of nitrogens with zero attached hydrogens (tertiary/aromatic N) is 2. The van der Waals surface area contributed by atoms with Gasteiger partial charge in [0.25, 0.3) is 5.91 Å². The predicted octanol–water partition coefficient (Wildman–Crippen LogP) is 4.59. The Morgan fingerprint density at radius 2 is 1.89 bits per heavy atom. The van der Waals surface area contributed by atoms with E-state index in [2.05, 4.69) is 26.9 Å². The van der Waals surface area contributed by atoms with Crippen LogP contribution >= 0.6 is 11.6 Å². The number of rotatable bonds is 6. The van der Waals surface area contributed by atoms with Gasteiger partial charge in [-0.25, -0.2) is 4.79 Å². The molecule has 5 rings (SSSR count). The third kappa shape index (κ3) is 8.00. The van der Waals surface area contributed by atoms with Crippen LogP contribution in [0.3, 0.4) is 0 Å². The number of carbonyl (C=O) groups is 3. The number of allylic oxidation sites excluding steroid dienone is 1. The SMILES string of the molecule is CCn1c(=O)oc2cc(NC(=O)CN3CCC4(C/C=C/COc5ccc(Cl)cc5C(=O)N[C@@H](CC(C)C)C(=O)NC4)CC3)ccc21. The fraction of sp³-hybridized carbons (Fsp3) is 0.471. The molecule has 0 saturated carbocycles. The van der Waals surface area contributed by atoms with Crippen LogP contribution in [-0.4, -0.2) is 66.0 Å². The highest BCUT2D eigenvalue weighted by atomic mass is 35.5. The van der Waals surface area contributed by atoms with Gasteiger partial charge in [0.05, 0.1) is 17.6 Å². The molecule has 0 bridgehead atoms. The Labute approximate surface area is 273 Å². The van der Waals surface area contributed by atoms with Gasteiger partial charge in [-0.15, -0.1) is 0 Å². The fourth-order valence-electron chi connectivity index (χ4n) is 6.17. The van der Waals surface area contributed by atoms with Crippen LogP contribution in [0.5, 0.6) is 5.75 Å². The number of aryl methyl sites for hydroxylation is 1. The summed E-state index contributed by atoms with van der Waals surface area (Å²) in [7, 11) is 0.